The van der Waals surface area contributed by atoms with Gasteiger partial charge in [-0.2, -0.15) is 0 Å². The molecule has 20 heavy (non-hydrogen) atoms. The van der Waals surface area contributed by atoms with Crippen molar-refractivity contribution in [1.29, 1.82) is 0 Å². The Bertz CT molecular complexity index is 520. The second kappa shape index (κ2) is 7.23. The highest BCUT2D eigenvalue weighted by Crippen LogP contribution is 2.25. The van der Waals surface area contributed by atoms with E-state index in [-0.39, 0.29) is 0 Å². The predicted octanol–water partition coefficient (Wildman–Crippen LogP) is 4.99. The lowest BCUT2D eigenvalue weighted by Crippen LogP contribution is -2.19. The van der Waals surface area contributed by atoms with Crippen LogP contribution in [0.25, 0.3) is 0 Å². The summed E-state index contributed by atoms with van der Waals surface area (Å²) in [5, 5.41) is 0. The normalized spacial score (nSPS) is 20.8. The SMILES string of the molecule is CCC1=CC(C)=CC(CC)C1=NCCc1ccccc1. The van der Waals surface area contributed by atoms with E-state index < -0.39 is 0 Å². The summed E-state index contributed by atoms with van der Waals surface area (Å²) in [5.74, 6) is 0.505. The van der Waals surface area contributed by atoms with Crippen molar-refractivity contribution in [2.75, 3.05) is 6.54 Å². The summed E-state index contributed by atoms with van der Waals surface area (Å²) >= 11 is 0. The van der Waals surface area contributed by atoms with E-state index in [1.807, 2.05) is 0 Å². The van der Waals surface area contributed by atoms with E-state index in [9.17, 15) is 0 Å². The summed E-state index contributed by atoms with van der Waals surface area (Å²) < 4.78 is 0. The largest absolute Gasteiger partial charge is 0.289 e. The lowest BCUT2D eigenvalue weighted by atomic mass is 9.85. The molecule has 0 fully saturated rings. The van der Waals surface area contributed by atoms with Gasteiger partial charge in [-0.05, 0) is 37.3 Å². The van der Waals surface area contributed by atoms with Crippen LogP contribution in [-0.4, -0.2) is 12.3 Å². The van der Waals surface area contributed by atoms with Crippen LogP contribution in [-0.2, 0) is 6.42 Å². The molecule has 1 atom stereocenters. The summed E-state index contributed by atoms with van der Waals surface area (Å²) in [6.45, 7) is 7.56. The van der Waals surface area contributed by atoms with Crippen LogP contribution in [0.3, 0.4) is 0 Å². The average molecular weight is 267 g/mol. The zero-order valence-corrected chi connectivity index (χ0v) is 12.9. The van der Waals surface area contributed by atoms with Crippen LogP contribution < -0.4 is 0 Å². The monoisotopic (exact) mass is 267 g/mol. The zero-order chi connectivity index (χ0) is 14.4. The minimum atomic E-state index is 0.505. The van der Waals surface area contributed by atoms with E-state index in [2.05, 4.69) is 63.3 Å². The van der Waals surface area contributed by atoms with Crippen molar-refractivity contribution < 1.29 is 0 Å². The van der Waals surface area contributed by atoms with Crippen LogP contribution in [0.4, 0.5) is 0 Å². The van der Waals surface area contributed by atoms with Crippen LogP contribution in [0, 0.1) is 5.92 Å². The third kappa shape index (κ3) is 3.69. The number of nitrogens with zero attached hydrogens (tertiary/aromatic N) is 1. The van der Waals surface area contributed by atoms with Crippen molar-refractivity contribution in [3.8, 4) is 0 Å². The van der Waals surface area contributed by atoms with Gasteiger partial charge in [0.1, 0.15) is 0 Å². The van der Waals surface area contributed by atoms with E-state index in [0.717, 1.165) is 25.8 Å². The number of hydrogen-bond acceptors (Lipinski definition) is 1. The molecule has 1 heteroatoms. The Morgan fingerprint density at radius 1 is 1.10 bits per heavy atom. The summed E-state index contributed by atoms with van der Waals surface area (Å²) in [5.41, 5.74) is 5.49. The third-order valence-electron chi connectivity index (χ3n) is 3.89. The van der Waals surface area contributed by atoms with Gasteiger partial charge in [-0.25, -0.2) is 0 Å². The second-order valence-corrected chi connectivity index (χ2v) is 5.45. The standard InChI is InChI=1S/C19H25N/c1-4-17-13-15(3)14-18(5-2)19(17)20-12-11-16-9-7-6-8-10-16/h6-10,13-14,17H,4-5,11-12H2,1-3H3. The molecule has 1 aliphatic carbocycles. The molecule has 1 nitrogen and oxygen atoms in total. The van der Waals surface area contributed by atoms with Crippen molar-refractivity contribution in [3.63, 3.8) is 0 Å². The highest BCUT2D eigenvalue weighted by Gasteiger charge is 2.18. The predicted molar refractivity (Wildman–Crippen MR) is 88.4 cm³/mol. The Morgan fingerprint density at radius 3 is 2.50 bits per heavy atom. The first kappa shape index (κ1) is 14.8. The van der Waals surface area contributed by atoms with Crippen LogP contribution in [0.5, 0.6) is 0 Å². The van der Waals surface area contributed by atoms with Gasteiger partial charge in [-0.1, -0.05) is 61.9 Å². The van der Waals surface area contributed by atoms with E-state index in [4.69, 9.17) is 4.99 Å². The van der Waals surface area contributed by atoms with Gasteiger partial charge in [0.15, 0.2) is 0 Å². The number of aliphatic imine (C=N–C) groups is 1. The molecule has 0 saturated carbocycles. The molecule has 1 aromatic carbocycles. The van der Waals surface area contributed by atoms with Crippen molar-refractivity contribution >= 4 is 5.71 Å². The molecule has 0 bridgehead atoms. The van der Waals surface area contributed by atoms with E-state index in [1.54, 1.807) is 0 Å². The van der Waals surface area contributed by atoms with E-state index >= 15 is 0 Å². The van der Waals surface area contributed by atoms with Crippen LogP contribution in [0.1, 0.15) is 39.2 Å². The fourth-order valence-corrected chi connectivity index (χ4v) is 2.79. The Kier molecular flexibility index (Phi) is 5.34. The van der Waals surface area contributed by atoms with Gasteiger partial charge in [0.25, 0.3) is 0 Å². The fourth-order valence-electron chi connectivity index (χ4n) is 2.79. The number of allylic oxidation sites excluding steroid dienone is 4. The molecule has 0 amide bonds. The van der Waals surface area contributed by atoms with Crippen molar-refractivity contribution in [3.05, 3.63) is 59.2 Å². The summed E-state index contributed by atoms with van der Waals surface area (Å²) in [6.07, 6.45) is 7.90. The molecule has 0 heterocycles. The summed E-state index contributed by atoms with van der Waals surface area (Å²) in [6, 6.07) is 10.6. The molecule has 106 valence electrons. The lowest BCUT2D eigenvalue weighted by Gasteiger charge is -2.22. The smallest absolute Gasteiger partial charge is 0.0449 e. The first-order chi connectivity index (χ1) is 9.74. The van der Waals surface area contributed by atoms with Gasteiger partial charge in [-0.3, -0.25) is 4.99 Å². The third-order valence-corrected chi connectivity index (χ3v) is 3.89. The Hall–Kier alpha value is -1.63. The molecule has 2 rings (SSSR count). The Morgan fingerprint density at radius 2 is 1.85 bits per heavy atom. The van der Waals surface area contributed by atoms with Crippen molar-refractivity contribution in [2.45, 2.75) is 40.0 Å². The maximum Gasteiger partial charge on any atom is 0.0449 e. The number of hydrogen-bond donors (Lipinski definition) is 0. The molecule has 0 spiro atoms. The molecular weight excluding hydrogens is 242 g/mol. The van der Waals surface area contributed by atoms with E-state index in [0.29, 0.717) is 5.92 Å². The zero-order valence-electron chi connectivity index (χ0n) is 12.9. The lowest BCUT2D eigenvalue weighted by molar-refractivity contribution is 0.787. The Labute approximate surface area is 123 Å². The molecule has 0 aromatic heterocycles. The molecule has 0 radical (unpaired) electrons. The molecule has 0 saturated heterocycles. The quantitative estimate of drug-likeness (QED) is 0.712. The summed E-state index contributed by atoms with van der Waals surface area (Å²) in [4.78, 5) is 4.92. The number of rotatable bonds is 5. The van der Waals surface area contributed by atoms with Crippen molar-refractivity contribution in [2.24, 2.45) is 10.9 Å². The molecular formula is C19H25N. The average Bonchev–Trinajstić information content (AvgIpc) is 2.49. The highest BCUT2D eigenvalue weighted by molar-refractivity contribution is 6.04. The van der Waals surface area contributed by atoms with Gasteiger partial charge in [0.05, 0.1) is 0 Å². The topological polar surface area (TPSA) is 12.4 Å². The maximum atomic E-state index is 4.92. The molecule has 1 aromatic rings. The number of benzene rings is 1. The van der Waals surface area contributed by atoms with Gasteiger partial charge in [0.2, 0.25) is 0 Å². The van der Waals surface area contributed by atoms with Gasteiger partial charge < -0.3 is 0 Å². The molecule has 0 N–H and O–H groups in total. The molecule has 0 aliphatic heterocycles. The van der Waals surface area contributed by atoms with Gasteiger partial charge >= 0.3 is 0 Å². The van der Waals surface area contributed by atoms with Crippen molar-refractivity contribution in [1.82, 2.24) is 0 Å². The van der Waals surface area contributed by atoms with E-state index in [1.165, 1.54) is 22.4 Å². The van der Waals surface area contributed by atoms with Crippen LogP contribution in [0.15, 0.2) is 58.6 Å². The van der Waals surface area contributed by atoms with Crippen LogP contribution >= 0.6 is 0 Å². The van der Waals surface area contributed by atoms with Crippen LogP contribution in [0.2, 0.25) is 0 Å². The van der Waals surface area contributed by atoms with Gasteiger partial charge in [0, 0.05) is 18.2 Å². The second-order valence-electron chi connectivity index (χ2n) is 5.45. The Balaban J connectivity index is 2.09. The first-order valence-electron chi connectivity index (χ1n) is 7.72. The maximum absolute atomic E-state index is 4.92. The highest BCUT2D eigenvalue weighted by atomic mass is 14.7. The molecule has 1 unspecified atom stereocenters. The first-order valence-corrected chi connectivity index (χ1v) is 7.72. The molecule has 1 aliphatic rings. The summed E-state index contributed by atoms with van der Waals surface area (Å²) in [7, 11) is 0. The fraction of sp³-hybridized carbons (Fsp3) is 0.421. The van der Waals surface area contributed by atoms with Gasteiger partial charge in [-0.15, -0.1) is 0 Å². The minimum absolute atomic E-state index is 0.505. The minimum Gasteiger partial charge on any atom is -0.289 e.